The van der Waals surface area contributed by atoms with Gasteiger partial charge in [-0.25, -0.2) is 4.98 Å². The number of thiophene rings is 2. The van der Waals surface area contributed by atoms with Crippen molar-refractivity contribution in [2.24, 2.45) is 0 Å². The van der Waals surface area contributed by atoms with Gasteiger partial charge in [-0.2, -0.15) is 4.98 Å². The van der Waals surface area contributed by atoms with Crippen LogP contribution in [-0.2, 0) is 25.7 Å². The number of fused-ring (bicyclic) bond motifs is 6. The van der Waals surface area contributed by atoms with E-state index in [1.54, 1.807) is 45.3 Å². The third kappa shape index (κ3) is 2.25. The summed E-state index contributed by atoms with van der Waals surface area (Å²) in [6, 6.07) is 8.37. The molecule has 4 aromatic heterocycles. The lowest BCUT2D eigenvalue weighted by Gasteiger charge is -2.41. The van der Waals surface area contributed by atoms with Gasteiger partial charge in [-0.05, 0) is 22.9 Å². The molecule has 0 bridgehead atoms. The monoisotopic (exact) mass is 474 g/mol. The Hall–Kier alpha value is -1.50. The summed E-state index contributed by atoms with van der Waals surface area (Å²) in [5.41, 5.74) is 0.867. The lowest BCUT2D eigenvalue weighted by Crippen LogP contribution is -2.61. The van der Waals surface area contributed by atoms with Gasteiger partial charge in [0, 0.05) is 6.54 Å². The summed E-state index contributed by atoms with van der Waals surface area (Å²) < 4.78 is 19.1. The van der Waals surface area contributed by atoms with Crippen LogP contribution < -0.4 is 10.3 Å². The molecule has 2 aliphatic heterocycles. The molecule has 2 saturated heterocycles. The van der Waals surface area contributed by atoms with Crippen LogP contribution in [0.25, 0.3) is 29.5 Å². The van der Waals surface area contributed by atoms with Crippen molar-refractivity contribution in [3.8, 4) is 29.5 Å². The molecule has 6 nitrogen and oxygen atoms in total. The Morgan fingerprint density at radius 3 is 2.43 bits per heavy atom. The molecule has 10 heteroatoms. The molecule has 30 heavy (non-hydrogen) atoms. The average molecular weight is 475 g/mol. The number of aromatic amines is 1. The predicted molar refractivity (Wildman–Crippen MR) is 118 cm³/mol. The van der Waals surface area contributed by atoms with E-state index < -0.39 is 11.5 Å². The van der Waals surface area contributed by atoms with Crippen molar-refractivity contribution in [1.82, 2.24) is 10.3 Å². The Morgan fingerprint density at radius 1 is 0.933 bits per heavy atom. The summed E-state index contributed by atoms with van der Waals surface area (Å²) in [6.07, 6.45) is 0. The fourth-order valence-corrected chi connectivity index (χ4v) is 8.41. The molecule has 2 spiro atoms. The predicted octanol–water partition coefficient (Wildman–Crippen LogP) is 4.13. The van der Waals surface area contributed by atoms with E-state index >= 15 is 0 Å². The lowest BCUT2D eigenvalue weighted by molar-refractivity contribution is -0.420. The number of nitrogens with zero attached hydrogens (tertiary/aromatic N) is 1. The number of aromatic nitrogens is 2. The van der Waals surface area contributed by atoms with Crippen LogP contribution in [0.2, 0.25) is 0 Å². The second-order valence-electron chi connectivity index (χ2n) is 7.18. The molecule has 1 aliphatic carbocycles. The van der Waals surface area contributed by atoms with Crippen LogP contribution in [0, 0.1) is 0 Å². The molecule has 2 N–H and O–H groups in total. The Labute approximate surface area is 188 Å². The summed E-state index contributed by atoms with van der Waals surface area (Å²) in [7, 11) is 0. The molecular weight excluding hydrogens is 459 g/mol. The molecule has 0 amide bonds. The molecule has 0 unspecified atom stereocenters. The van der Waals surface area contributed by atoms with E-state index in [2.05, 4.69) is 45.3 Å². The van der Waals surface area contributed by atoms with Crippen LogP contribution in [0.3, 0.4) is 0 Å². The molecule has 6 heterocycles. The first-order chi connectivity index (χ1) is 14.8. The van der Waals surface area contributed by atoms with Gasteiger partial charge in [0.25, 0.3) is 22.2 Å². The zero-order valence-corrected chi connectivity index (χ0v) is 18.9. The first-order valence-electron chi connectivity index (χ1n) is 9.64. The highest BCUT2D eigenvalue weighted by Gasteiger charge is 2.71. The molecular formula is C20H16N3O3S4+. The topological polar surface area (TPSA) is 66.8 Å². The minimum absolute atomic E-state index is 0.509. The highest BCUT2D eigenvalue weighted by molar-refractivity contribution is 7.27. The normalized spacial score (nSPS) is 24.0. The average Bonchev–Trinajstić information content (AvgIpc) is 3.59. The van der Waals surface area contributed by atoms with Gasteiger partial charge in [-0.1, -0.05) is 23.5 Å². The smallest absolute Gasteiger partial charge is 0.278 e. The number of thiazole rings is 2. The molecule has 0 radical (unpaired) electrons. The van der Waals surface area contributed by atoms with E-state index in [9.17, 15) is 0 Å². The van der Waals surface area contributed by atoms with Gasteiger partial charge < -0.3 is 14.2 Å². The molecule has 3 aliphatic rings. The zero-order chi connectivity index (χ0) is 19.8. The van der Waals surface area contributed by atoms with Crippen LogP contribution in [0.5, 0.6) is 0 Å². The summed E-state index contributed by atoms with van der Waals surface area (Å²) >= 11 is 6.86. The van der Waals surface area contributed by atoms with Crippen LogP contribution in [0.1, 0.15) is 11.4 Å². The molecule has 152 valence electrons. The number of ether oxygens (including phenoxy) is 3. The molecule has 0 saturated carbocycles. The quantitative estimate of drug-likeness (QED) is 0.473. The van der Waals surface area contributed by atoms with Crippen molar-refractivity contribution in [3.05, 3.63) is 46.4 Å². The summed E-state index contributed by atoms with van der Waals surface area (Å²) in [6.45, 7) is 2.33. The van der Waals surface area contributed by atoms with Crippen LogP contribution in [0.4, 0.5) is 0 Å². The number of hydrogen-bond donors (Lipinski definition) is 1. The summed E-state index contributed by atoms with van der Waals surface area (Å²) in [5, 5.41) is 9.85. The van der Waals surface area contributed by atoms with E-state index in [1.165, 1.54) is 4.88 Å². The van der Waals surface area contributed by atoms with Crippen LogP contribution in [0.15, 0.2) is 35.0 Å². The zero-order valence-electron chi connectivity index (χ0n) is 15.6. The Balaban J connectivity index is 1.53. The fraction of sp³-hybridized carbons (Fsp3) is 0.300. The second kappa shape index (κ2) is 6.50. The van der Waals surface area contributed by atoms with Crippen LogP contribution in [-0.4, -0.2) is 31.3 Å². The van der Waals surface area contributed by atoms with Crippen molar-refractivity contribution >= 4 is 45.3 Å². The van der Waals surface area contributed by atoms with Crippen molar-refractivity contribution in [3.63, 3.8) is 0 Å². The second-order valence-corrected chi connectivity index (χ2v) is 11.1. The van der Waals surface area contributed by atoms with Crippen molar-refractivity contribution in [1.29, 1.82) is 0 Å². The SMILES string of the molecule is c1csc(-c2nc3c(s2)-c2sc(-c4cccs4)[nH+]c2[C@]2(NCCO2)C32OCCO2)c1. The number of hydrogen-bond acceptors (Lipinski definition) is 9. The van der Waals surface area contributed by atoms with Gasteiger partial charge in [-0.15, -0.1) is 34.0 Å². The largest absolute Gasteiger partial charge is 0.345 e. The maximum absolute atomic E-state index is 6.42. The Morgan fingerprint density at radius 2 is 1.73 bits per heavy atom. The van der Waals surface area contributed by atoms with Crippen molar-refractivity contribution < 1.29 is 19.2 Å². The third-order valence-corrected chi connectivity index (χ3v) is 9.99. The lowest BCUT2D eigenvalue weighted by atomic mass is 9.88. The molecule has 4 aromatic rings. The molecule has 2 fully saturated rings. The van der Waals surface area contributed by atoms with E-state index in [1.807, 2.05) is 0 Å². The van der Waals surface area contributed by atoms with E-state index in [-0.39, 0.29) is 0 Å². The summed E-state index contributed by atoms with van der Waals surface area (Å²) in [5.74, 6) is -1.10. The number of rotatable bonds is 2. The minimum atomic E-state index is -1.10. The standard InChI is InChI=1S/C20H15N3O3S4/c1-3-11(27-9-1)17-22-15-13(29-17)14-16(23-18(30-14)12-4-2-10-28-12)20(25-7-8-26-20)19(15)21-5-6-24-19/h1-4,9-10,21H,5-8H2/p+1/t19-/m1/s1. The van der Waals surface area contributed by atoms with Gasteiger partial charge >= 0.3 is 0 Å². The molecule has 7 rings (SSSR count). The van der Waals surface area contributed by atoms with Gasteiger partial charge in [0.1, 0.15) is 20.5 Å². The Kier molecular flexibility index (Phi) is 3.92. The minimum Gasteiger partial charge on any atom is -0.345 e. The molecule has 0 aromatic carbocycles. The highest BCUT2D eigenvalue weighted by Crippen LogP contribution is 2.59. The third-order valence-electron chi connectivity index (χ3n) is 5.60. The first kappa shape index (κ1) is 18.1. The number of H-pyrrole nitrogens is 1. The molecule has 1 atom stereocenters. The summed E-state index contributed by atoms with van der Waals surface area (Å²) in [4.78, 5) is 13.3. The fourth-order valence-electron chi connectivity index (χ4n) is 4.42. The van der Waals surface area contributed by atoms with Gasteiger partial charge in [0.2, 0.25) is 0 Å². The van der Waals surface area contributed by atoms with Crippen molar-refractivity contribution in [2.45, 2.75) is 11.5 Å². The van der Waals surface area contributed by atoms with Crippen LogP contribution >= 0.6 is 45.3 Å². The van der Waals surface area contributed by atoms with E-state index in [4.69, 9.17) is 19.2 Å². The van der Waals surface area contributed by atoms with E-state index in [0.29, 0.717) is 19.8 Å². The highest BCUT2D eigenvalue weighted by atomic mass is 32.1. The maximum Gasteiger partial charge on any atom is 0.278 e. The Bertz CT molecular complexity index is 1120. The van der Waals surface area contributed by atoms with Gasteiger partial charge in [0.05, 0.1) is 29.6 Å². The number of nitrogens with one attached hydrogen (secondary N) is 2. The van der Waals surface area contributed by atoms with E-state index in [0.717, 1.165) is 42.6 Å². The van der Waals surface area contributed by atoms with Gasteiger partial charge in [-0.3, -0.25) is 5.32 Å². The van der Waals surface area contributed by atoms with Gasteiger partial charge in [0.15, 0.2) is 0 Å². The first-order valence-corrected chi connectivity index (χ1v) is 13.0. The van der Waals surface area contributed by atoms with Crippen molar-refractivity contribution in [2.75, 3.05) is 26.4 Å². The maximum atomic E-state index is 6.42.